The number of anilines is 1. The first-order valence-corrected chi connectivity index (χ1v) is 6.85. The predicted molar refractivity (Wildman–Crippen MR) is 75.4 cm³/mol. The first-order valence-electron chi connectivity index (χ1n) is 6.09. The van der Waals surface area contributed by atoms with Gasteiger partial charge >= 0.3 is 0 Å². The van der Waals surface area contributed by atoms with Crippen LogP contribution in [0.4, 0.5) is 5.69 Å². The molecule has 0 heterocycles. The minimum absolute atomic E-state index is 0.121. The van der Waals surface area contributed by atoms with Gasteiger partial charge in [0.1, 0.15) is 0 Å². The number of likely N-dealkylation sites (N-methyl/N-ethyl adjacent to an activating group) is 1. The van der Waals surface area contributed by atoms with Crippen LogP contribution in [0.3, 0.4) is 0 Å². The van der Waals surface area contributed by atoms with E-state index in [0.717, 1.165) is 25.1 Å². The third-order valence-corrected chi connectivity index (χ3v) is 3.39. The van der Waals surface area contributed by atoms with Gasteiger partial charge in [-0.1, -0.05) is 23.2 Å². The van der Waals surface area contributed by atoms with E-state index < -0.39 is 0 Å². The van der Waals surface area contributed by atoms with Gasteiger partial charge in [-0.25, -0.2) is 0 Å². The molecule has 1 aromatic carbocycles. The molecule has 1 N–H and O–H groups in total. The molecule has 2 rings (SSSR count). The number of rotatable bonds is 5. The summed E-state index contributed by atoms with van der Waals surface area (Å²) >= 11 is 11.8. The van der Waals surface area contributed by atoms with Crippen LogP contribution in [-0.4, -0.2) is 29.9 Å². The average Bonchev–Trinajstić information content (AvgIpc) is 3.10. The van der Waals surface area contributed by atoms with Crippen molar-refractivity contribution in [3.63, 3.8) is 0 Å². The summed E-state index contributed by atoms with van der Waals surface area (Å²) in [5, 5.41) is 4.19. The Labute approximate surface area is 117 Å². The molecule has 98 valence electrons. The van der Waals surface area contributed by atoms with Crippen LogP contribution in [0.1, 0.15) is 19.8 Å². The Balaban J connectivity index is 1.92. The Morgan fingerprint density at radius 1 is 1.33 bits per heavy atom. The third kappa shape index (κ3) is 3.53. The maximum absolute atomic E-state index is 12.0. The first-order chi connectivity index (χ1) is 8.60. The summed E-state index contributed by atoms with van der Waals surface area (Å²) in [6, 6.07) is 5.63. The molecule has 5 heteroatoms. The molecule has 0 radical (unpaired) electrons. The van der Waals surface area contributed by atoms with Crippen molar-refractivity contribution in [3.8, 4) is 0 Å². The molecule has 0 saturated heterocycles. The highest BCUT2D eigenvalue weighted by Crippen LogP contribution is 2.27. The van der Waals surface area contributed by atoms with Gasteiger partial charge in [0, 0.05) is 28.3 Å². The number of hydrogen-bond donors (Lipinski definition) is 1. The zero-order chi connectivity index (χ0) is 13.1. The summed E-state index contributed by atoms with van der Waals surface area (Å²) in [5.74, 6) is 0.121. The lowest BCUT2D eigenvalue weighted by Crippen LogP contribution is -2.37. The lowest BCUT2D eigenvalue weighted by Gasteiger charge is -2.20. The van der Waals surface area contributed by atoms with Gasteiger partial charge in [0.2, 0.25) is 5.91 Å². The number of nitrogens with zero attached hydrogens (tertiary/aromatic N) is 1. The predicted octanol–water partition coefficient (Wildman–Crippen LogP) is 3.42. The molecule has 1 aromatic rings. The van der Waals surface area contributed by atoms with Crippen LogP contribution in [0.2, 0.25) is 10.0 Å². The number of amides is 1. The van der Waals surface area contributed by atoms with E-state index in [0.29, 0.717) is 16.1 Å². The molecule has 0 aromatic heterocycles. The molecule has 0 aliphatic heterocycles. The average molecular weight is 287 g/mol. The molecule has 1 saturated carbocycles. The van der Waals surface area contributed by atoms with Gasteiger partial charge in [-0.3, -0.25) is 4.79 Å². The van der Waals surface area contributed by atoms with Gasteiger partial charge in [0.05, 0.1) is 6.54 Å². The van der Waals surface area contributed by atoms with Crippen LogP contribution in [0.15, 0.2) is 18.2 Å². The number of carbonyl (C=O) groups is 1. The standard InChI is InChI=1S/C13H16Cl2N2O/c1-2-17(12-3-4-12)13(18)8-16-11-6-9(14)5-10(15)7-11/h5-7,12,16H,2-4,8H2,1H3. The molecule has 18 heavy (non-hydrogen) atoms. The van der Waals surface area contributed by atoms with Crippen LogP contribution >= 0.6 is 23.2 Å². The summed E-state index contributed by atoms with van der Waals surface area (Å²) in [6.07, 6.45) is 2.26. The molecule has 3 nitrogen and oxygen atoms in total. The normalized spacial score (nSPS) is 14.4. The second kappa shape index (κ2) is 5.81. The summed E-state index contributed by atoms with van der Waals surface area (Å²) < 4.78 is 0. The highest BCUT2D eigenvalue weighted by Gasteiger charge is 2.30. The minimum atomic E-state index is 0.121. The van der Waals surface area contributed by atoms with Crippen molar-refractivity contribution < 1.29 is 4.79 Å². The molecule has 1 fully saturated rings. The summed E-state index contributed by atoms with van der Waals surface area (Å²) in [4.78, 5) is 13.9. The Bertz CT molecular complexity index is 426. The molecule has 1 amide bonds. The van der Waals surface area contributed by atoms with E-state index in [4.69, 9.17) is 23.2 Å². The maximum atomic E-state index is 12.0. The van der Waals surface area contributed by atoms with Crippen LogP contribution in [0.25, 0.3) is 0 Å². The number of hydrogen-bond acceptors (Lipinski definition) is 2. The lowest BCUT2D eigenvalue weighted by atomic mass is 10.3. The van der Waals surface area contributed by atoms with Gasteiger partial charge < -0.3 is 10.2 Å². The molecule has 0 spiro atoms. The highest BCUT2D eigenvalue weighted by molar-refractivity contribution is 6.35. The Morgan fingerprint density at radius 3 is 2.44 bits per heavy atom. The zero-order valence-corrected chi connectivity index (χ0v) is 11.8. The Kier molecular flexibility index (Phi) is 4.36. The van der Waals surface area contributed by atoms with Crippen molar-refractivity contribution in [1.29, 1.82) is 0 Å². The molecular weight excluding hydrogens is 271 g/mol. The van der Waals surface area contributed by atoms with Crippen LogP contribution < -0.4 is 5.32 Å². The van der Waals surface area contributed by atoms with E-state index in [2.05, 4.69) is 5.32 Å². The van der Waals surface area contributed by atoms with E-state index in [1.165, 1.54) is 0 Å². The van der Waals surface area contributed by atoms with Crippen LogP contribution in [0.5, 0.6) is 0 Å². The van der Waals surface area contributed by atoms with E-state index >= 15 is 0 Å². The van der Waals surface area contributed by atoms with Crippen molar-refractivity contribution in [2.75, 3.05) is 18.4 Å². The first kappa shape index (κ1) is 13.5. The van der Waals surface area contributed by atoms with Gasteiger partial charge in [0.15, 0.2) is 0 Å². The highest BCUT2D eigenvalue weighted by atomic mass is 35.5. The fourth-order valence-corrected chi connectivity index (χ4v) is 2.49. The van der Waals surface area contributed by atoms with Gasteiger partial charge in [0.25, 0.3) is 0 Å². The fraction of sp³-hybridized carbons (Fsp3) is 0.462. The molecule has 0 bridgehead atoms. The van der Waals surface area contributed by atoms with E-state index in [9.17, 15) is 4.79 Å². The van der Waals surface area contributed by atoms with Crippen molar-refractivity contribution in [2.45, 2.75) is 25.8 Å². The summed E-state index contributed by atoms with van der Waals surface area (Å²) in [6.45, 7) is 3.05. The molecular formula is C13H16Cl2N2O. The third-order valence-electron chi connectivity index (χ3n) is 2.95. The number of carbonyl (C=O) groups excluding carboxylic acids is 1. The van der Waals surface area contributed by atoms with Crippen molar-refractivity contribution >= 4 is 34.8 Å². The monoisotopic (exact) mass is 286 g/mol. The van der Waals surface area contributed by atoms with E-state index in [1.54, 1.807) is 18.2 Å². The van der Waals surface area contributed by atoms with Crippen LogP contribution in [0, 0.1) is 0 Å². The van der Waals surface area contributed by atoms with Crippen molar-refractivity contribution in [3.05, 3.63) is 28.2 Å². The second-order valence-corrected chi connectivity index (χ2v) is 5.30. The Morgan fingerprint density at radius 2 is 1.94 bits per heavy atom. The van der Waals surface area contributed by atoms with E-state index in [-0.39, 0.29) is 12.5 Å². The minimum Gasteiger partial charge on any atom is -0.376 e. The maximum Gasteiger partial charge on any atom is 0.242 e. The number of halogens is 2. The number of nitrogens with one attached hydrogen (secondary N) is 1. The van der Waals surface area contributed by atoms with Gasteiger partial charge in [-0.05, 0) is 38.0 Å². The van der Waals surface area contributed by atoms with Crippen molar-refractivity contribution in [1.82, 2.24) is 4.90 Å². The van der Waals surface area contributed by atoms with Crippen molar-refractivity contribution in [2.24, 2.45) is 0 Å². The number of benzene rings is 1. The molecule has 1 aliphatic rings. The zero-order valence-electron chi connectivity index (χ0n) is 10.2. The van der Waals surface area contributed by atoms with Gasteiger partial charge in [-0.2, -0.15) is 0 Å². The van der Waals surface area contributed by atoms with Crippen LogP contribution in [-0.2, 0) is 4.79 Å². The second-order valence-electron chi connectivity index (χ2n) is 4.42. The Hall–Kier alpha value is -0.930. The molecule has 0 unspecified atom stereocenters. The smallest absolute Gasteiger partial charge is 0.242 e. The quantitative estimate of drug-likeness (QED) is 0.900. The fourth-order valence-electron chi connectivity index (χ4n) is 1.96. The van der Waals surface area contributed by atoms with E-state index in [1.807, 2.05) is 11.8 Å². The largest absolute Gasteiger partial charge is 0.376 e. The summed E-state index contributed by atoms with van der Waals surface area (Å²) in [5.41, 5.74) is 0.771. The SMILES string of the molecule is CCN(C(=O)CNc1cc(Cl)cc(Cl)c1)C1CC1. The lowest BCUT2D eigenvalue weighted by molar-refractivity contribution is -0.129. The van der Waals surface area contributed by atoms with Gasteiger partial charge in [-0.15, -0.1) is 0 Å². The summed E-state index contributed by atoms with van der Waals surface area (Å²) in [7, 11) is 0. The molecule has 0 atom stereocenters. The molecule has 1 aliphatic carbocycles. The topological polar surface area (TPSA) is 32.3 Å².